The summed E-state index contributed by atoms with van der Waals surface area (Å²) in [6.07, 6.45) is 1.50. The number of fused-ring (bicyclic) bond motifs is 2. The van der Waals surface area contributed by atoms with Crippen molar-refractivity contribution < 1.29 is 9.47 Å². The molecule has 0 amide bonds. The molecule has 0 saturated heterocycles. The van der Waals surface area contributed by atoms with Gasteiger partial charge in [0.1, 0.15) is 0 Å². The maximum absolute atomic E-state index is 6.12. The number of nitrogen functional groups attached to an aromatic ring is 1. The molecule has 0 radical (unpaired) electrons. The molecule has 0 bridgehead atoms. The number of nitrogens with one attached hydrogen (secondary N) is 1. The maximum atomic E-state index is 6.12. The topological polar surface area (TPSA) is 100 Å². The normalized spacial score (nSPS) is 13.5. The van der Waals surface area contributed by atoms with Crippen LogP contribution in [0.5, 0.6) is 11.5 Å². The molecule has 3 heterocycles. The van der Waals surface area contributed by atoms with Gasteiger partial charge in [-0.1, -0.05) is 0 Å². The van der Waals surface area contributed by atoms with Crippen LogP contribution in [-0.4, -0.2) is 57.8 Å². The Kier molecular flexibility index (Phi) is 6.54. The third kappa shape index (κ3) is 4.88. The Bertz CT molecular complexity index is 1100. The van der Waals surface area contributed by atoms with Gasteiger partial charge in [-0.15, -0.1) is 0 Å². The van der Waals surface area contributed by atoms with Gasteiger partial charge in [-0.3, -0.25) is 0 Å². The minimum atomic E-state index is -2.45. The summed E-state index contributed by atoms with van der Waals surface area (Å²) in [6.45, 7) is 7.22. The fourth-order valence-electron chi connectivity index (χ4n) is 3.49. The van der Waals surface area contributed by atoms with E-state index in [0.717, 1.165) is 41.9 Å². The van der Waals surface area contributed by atoms with Crippen LogP contribution >= 0.6 is 11.8 Å². The molecule has 4 rings (SSSR count). The predicted octanol–water partition coefficient (Wildman–Crippen LogP) is 3.08. The Hall–Kier alpha value is -1.72. The Labute approximate surface area is 191 Å². The van der Waals surface area contributed by atoms with Crippen LogP contribution in [0.4, 0.5) is 5.82 Å². The average Bonchev–Trinajstić information content (AvgIpc) is 3.29. The second-order valence-electron chi connectivity index (χ2n) is 9.13. The zero-order valence-corrected chi connectivity index (χ0v) is 22.4. The van der Waals surface area contributed by atoms with E-state index in [-0.39, 0.29) is 6.79 Å². The monoisotopic (exact) mass is 550 g/mol. The van der Waals surface area contributed by atoms with E-state index < -0.39 is 18.4 Å². The number of aromatic nitrogens is 4. The Morgan fingerprint density at radius 3 is 2.65 bits per heavy atom. The molecule has 3 N–H and O–H groups in total. The SMILES string of the molecule is CC(C)CNCCn1c(Sc2cc3c(c[c]2[Sn]([CH3])([CH3])[CH3])OCO3)nc2c(N)ncnc21. The summed E-state index contributed by atoms with van der Waals surface area (Å²) in [5.41, 5.74) is 7.54. The third-order valence-electron chi connectivity index (χ3n) is 5.07. The number of rotatable bonds is 8. The first-order valence-electron chi connectivity index (χ1n) is 10.5. The second-order valence-corrected chi connectivity index (χ2v) is 24.5. The third-order valence-corrected chi connectivity index (χ3v) is 12.4. The molecule has 1 aliphatic heterocycles. The summed E-state index contributed by atoms with van der Waals surface area (Å²) in [5.74, 6) is 2.64. The molecular weight excluding hydrogens is 519 g/mol. The first-order chi connectivity index (χ1) is 14.7. The number of ether oxygens (including phenoxy) is 2. The van der Waals surface area contributed by atoms with E-state index in [9.17, 15) is 0 Å². The number of anilines is 1. The van der Waals surface area contributed by atoms with Crippen LogP contribution < -0.4 is 24.1 Å². The molecule has 166 valence electrons. The number of nitrogens with two attached hydrogens (primary N) is 1. The molecule has 8 nitrogen and oxygen atoms in total. The van der Waals surface area contributed by atoms with Gasteiger partial charge in [-0.2, -0.15) is 0 Å². The fourth-order valence-corrected chi connectivity index (χ4v) is 10.9. The molecule has 2 aromatic heterocycles. The van der Waals surface area contributed by atoms with Crippen molar-refractivity contribution in [2.45, 2.75) is 45.3 Å². The minimum absolute atomic E-state index is 0.273. The molecule has 1 aliphatic rings. The van der Waals surface area contributed by atoms with Gasteiger partial charge in [0, 0.05) is 0 Å². The van der Waals surface area contributed by atoms with Crippen LogP contribution in [0, 0.1) is 5.92 Å². The van der Waals surface area contributed by atoms with E-state index in [1.807, 2.05) is 0 Å². The summed E-state index contributed by atoms with van der Waals surface area (Å²) in [4.78, 5) is 21.8. The number of hydrogen-bond donors (Lipinski definition) is 2. The van der Waals surface area contributed by atoms with Crippen molar-refractivity contribution in [3.05, 3.63) is 18.5 Å². The standard InChI is InChI=1S/C18H21N6O2S.3CH3.Sn/c1-11(2)8-20-5-6-24-17-15(16(19)21-9-22-17)23-18(24)27-12-3-4-13-14(7-12)26-10-25-13;;;;/h4,7,9,11,20H,5-6,8,10H2,1-2H3,(H2,19,21,22);3*1H3;. The Balaban J connectivity index is 1.73. The second kappa shape index (κ2) is 9.03. The van der Waals surface area contributed by atoms with Gasteiger partial charge < -0.3 is 0 Å². The van der Waals surface area contributed by atoms with E-state index in [1.165, 1.54) is 14.8 Å². The molecule has 0 unspecified atom stereocenters. The van der Waals surface area contributed by atoms with E-state index in [4.69, 9.17) is 20.2 Å². The van der Waals surface area contributed by atoms with Gasteiger partial charge >= 0.3 is 192 Å². The number of hydrogen-bond acceptors (Lipinski definition) is 8. The van der Waals surface area contributed by atoms with Crippen molar-refractivity contribution in [1.29, 1.82) is 0 Å². The van der Waals surface area contributed by atoms with Crippen molar-refractivity contribution in [3.63, 3.8) is 0 Å². The van der Waals surface area contributed by atoms with E-state index >= 15 is 0 Å². The molecule has 10 heteroatoms. The van der Waals surface area contributed by atoms with Gasteiger partial charge in [0.25, 0.3) is 0 Å². The van der Waals surface area contributed by atoms with Crippen LogP contribution in [0.2, 0.25) is 14.8 Å². The van der Waals surface area contributed by atoms with Crippen molar-refractivity contribution in [1.82, 2.24) is 24.8 Å². The van der Waals surface area contributed by atoms with E-state index in [1.54, 1.807) is 11.8 Å². The fraction of sp³-hybridized carbons (Fsp3) is 0.476. The number of imidazole rings is 1. The molecule has 3 aromatic rings. The zero-order valence-electron chi connectivity index (χ0n) is 18.7. The summed E-state index contributed by atoms with van der Waals surface area (Å²) in [7, 11) is 0. The summed E-state index contributed by atoms with van der Waals surface area (Å²) < 4.78 is 14.8. The molecule has 0 spiro atoms. The first kappa shape index (κ1) is 22.5. The number of nitrogens with zero attached hydrogens (tertiary/aromatic N) is 4. The summed E-state index contributed by atoms with van der Waals surface area (Å²) in [5, 5.41) is 4.37. The van der Waals surface area contributed by atoms with Crippen molar-refractivity contribution in [3.8, 4) is 11.5 Å². The summed E-state index contributed by atoms with van der Waals surface area (Å²) in [6, 6.07) is 4.27. The van der Waals surface area contributed by atoms with Crippen LogP contribution in [0.1, 0.15) is 13.8 Å². The van der Waals surface area contributed by atoms with Crippen molar-refractivity contribution >= 4 is 50.7 Å². The van der Waals surface area contributed by atoms with Crippen LogP contribution in [0.25, 0.3) is 11.2 Å². The summed E-state index contributed by atoms with van der Waals surface area (Å²) >= 11 is -0.799. The predicted molar refractivity (Wildman–Crippen MR) is 127 cm³/mol. The molecule has 1 aromatic carbocycles. The molecule has 0 saturated carbocycles. The van der Waals surface area contributed by atoms with Crippen molar-refractivity contribution in [2.75, 3.05) is 25.6 Å². The van der Waals surface area contributed by atoms with Gasteiger partial charge in [0.15, 0.2) is 0 Å². The van der Waals surface area contributed by atoms with E-state index in [0.29, 0.717) is 17.3 Å². The van der Waals surface area contributed by atoms with Gasteiger partial charge in [0.2, 0.25) is 0 Å². The number of benzene rings is 1. The van der Waals surface area contributed by atoms with Gasteiger partial charge in [-0.05, 0) is 0 Å². The zero-order chi connectivity index (χ0) is 22.2. The van der Waals surface area contributed by atoms with Crippen LogP contribution in [-0.2, 0) is 6.54 Å². The van der Waals surface area contributed by atoms with Crippen LogP contribution in [0.15, 0.2) is 28.5 Å². The Morgan fingerprint density at radius 2 is 1.94 bits per heavy atom. The van der Waals surface area contributed by atoms with Gasteiger partial charge in [-0.25, -0.2) is 0 Å². The van der Waals surface area contributed by atoms with Crippen molar-refractivity contribution in [2.24, 2.45) is 5.92 Å². The van der Waals surface area contributed by atoms with Crippen LogP contribution in [0.3, 0.4) is 0 Å². The average molecular weight is 549 g/mol. The van der Waals surface area contributed by atoms with E-state index in [2.05, 4.69) is 60.7 Å². The molecule has 0 aliphatic carbocycles. The molecule has 0 fully saturated rings. The first-order valence-corrected chi connectivity index (χ1v) is 21.3. The molecule has 0 atom stereocenters. The quantitative estimate of drug-likeness (QED) is 0.327. The molecular formula is C21H30N6O2SSn. The van der Waals surface area contributed by atoms with Gasteiger partial charge in [0.05, 0.1) is 0 Å². The molecule has 31 heavy (non-hydrogen) atoms. The Morgan fingerprint density at radius 1 is 1.19 bits per heavy atom.